The van der Waals surface area contributed by atoms with E-state index in [-0.39, 0.29) is 11.8 Å². The summed E-state index contributed by atoms with van der Waals surface area (Å²) in [5, 5.41) is 2.90. The second-order valence-corrected chi connectivity index (χ2v) is 5.05. The number of fused-ring (bicyclic) bond motifs is 1. The second kappa shape index (κ2) is 5.41. The van der Waals surface area contributed by atoms with Crippen LogP contribution in [0.4, 0.5) is 0 Å². The van der Waals surface area contributed by atoms with Gasteiger partial charge in [0.2, 0.25) is 5.91 Å². The molecule has 104 valence electrons. The fraction of sp³-hybridized carbons (Fsp3) is 0.312. The van der Waals surface area contributed by atoms with E-state index in [1.54, 1.807) is 0 Å². The van der Waals surface area contributed by atoms with Gasteiger partial charge in [-0.25, -0.2) is 0 Å². The van der Waals surface area contributed by atoms with Gasteiger partial charge in [0.25, 0.3) is 0 Å². The van der Waals surface area contributed by atoms with Crippen LogP contribution in [0, 0.1) is 12.8 Å². The zero-order valence-electron chi connectivity index (χ0n) is 11.4. The molecule has 2 aromatic rings. The first-order valence-corrected chi connectivity index (χ1v) is 6.76. The lowest BCUT2D eigenvalue weighted by Gasteiger charge is -2.24. The third-order valence-electron chi connectivity index (χ3n) is 3.48. The summed E-state index contributed by atoms with van der Waals surface area (Å²) in [6, 6.07) is 11.6. The van der Waals surface area contributed by atoms with Crippen LogP contribution in [0.2, 0.25) is 0 Å². The molecular weight excluding hydrogens is 254 g/mol. The van der Waals surface area contributed by atoms with Crippen LogP contribution in [0.1, 0.15) is 17.1 Å². The molecule has 0 saturated heterocycles. The molecule has 1 aromatic heterocycles. The Hall–Kier alpha value is -2.23. The molecule has 0 saturated carbocycles. The number of amides is 1. The van der Waals surface area contributed by atoms with Crippen LogP contribution >= 0.6 is 0 Å². The van der Waals surface area contributed by atoms with Gasteiger partial charge in [0.15, 0.2) is 0 Å². The quantitative estimate of drug-likeness (QED) is 0.933. The lowest BCUT2D eigenvalue weighted by molar-refractivity contribution is -0.126. The van der Waals surface area contributed by atoms with Crippen LogP contribution in [0.15, 0.2) is 40.8 Å². The van der Waals surface area contributed by atoms with Crippen molar-refractivity contribution in [2.24, 2.45) is 5.92 Å². The summed E-state index contributed by atoms with van der Waals surface area (Å²) in [7, 11) is 0. The molecule has 3 rings (SSSR count). The summed E-state index contributed by atoms with van der Waals surface area (Å²) < 4.78 is 11.1. The SMILES string of the molecule is Cc1ccc(CNC(=O)[C@H]2COc3ccccc3C2)o1. The number of furan rings is 1. The van der Waals surface area contributed by atoms with Gasteiger partial charge >= 0.3 is 0 Å². The highest BCUT2D eigenvalue weighted by Crippen LogP contribution is 2.26. The van der Waals surface area contributed by atoms with Gasteiger partial charge in [-0.05, 0) is 37.1 Å². The van der Waals surface area contributed by atoms with Gasteiger partial charge in [-0.2, -0.15) is 0 Å². The molecule has 0 bridgehead atoms. The summed E-state index contributed by atoms with van der Waals surface area (Å²) in [6.07, 6.45) is 0.721. The van der Waals surface area contributed by atoms with Gasteiger partial charge in [0.1, 0.15) is 23.9 Å². The zero-order chi connectivity index (χ0) is 13.9. The fourth-order valence-electron chi connectivity index (χ4n) is 2.40. The van der Waals surface area contributed by atoms with Crippen LogP contribution in [-0.2, 0) is 17.8 Å². The summed E-state index contributed by atoms with van der Waals surface area (Å²) in [6.45, 7) is 2.74. The average Bonchev–Trinajstić information content (AvgIpc) is 2.90. The Morgan fingerprint density at radius 1 is 1.30 bits per heavy atom. The molecule has 0 radical (unpaired) electrons. The molecule has 20 heavy (non-hydrogen) atoms. The van der Waals surface area contributed by atoms with Crippen molar-refractivity contribution in [1.29, 1.82) is 0 Å². The molecule has 1 amide bonds. The maximum Gasteiger partial charge on any atom is 0.227 e. The molecule has 1 atom stereocenters. The van der Waals surface area contributed by atoms with Gasteiger partial charge in [-0.1, -0.05) is 18.2 Å². The Morgan fingerprint density at radius 3 is 2.95 bits per heavy atom. The summed E-state index contributed by atoms with van der Waals surface area (Å²) in [5.41, 5.74) is 1.09. The van der Waals surface area contributed by atoms with Gasteiger partial charge in [0.05, 0.1) is 12.5 Å². The molecule has 0 aliphatic carbocycles. The minimum absolute atomic E-state index is 0.00792. The Labute approximate surface area is 117 Å². The normalized spacial score (nSPS) is 17.1. The first kappa shape index (κ1) is 12.8. The van der Waals surface area contributed by atoms with Gasteiger partial charge in [0, 0.05) is 0 Å². The number of benzene rings is 1. The van der Waals surface area contributed by atoms with Gasteiger partial charge in [-0.15, -0.1) is 0 Å². The van der Waals surface area contributed by atoms with E-state index < -0.39 is 0 Å². The second-order valence-electron chi connectivity index (χ2n) is 5.05. The van der Waals surface area contributed by atoms with Crippen LogP contribution in [-0.4, -0.2) is 12.5 Å². The van der Waals surface area contributed by atoms with E-state index in [1.165, 1.54) is 0 Å². The van der Waals surface area contributed by atoms with Crippen molar-refractivity contribution in [2.75, 3.05) is 6.61 Å². The van der Waals surface area contributed by atoms with Crippen molar-refractivity contribution < 1.29 is 13.9 Å². The molecule has 0 fully saturated rings. The largest absolute Gasteiger partial charge is 0.492 e. The van der Waals surface area contributed by atoms with Crippen molar-refractivity contribution in [3.8, 4) is 5.75 Å². The topological polar surface area (TPSA) is 51.5 Å². The molecule has 0 spiro atoms. The van der Waals surface area contributed by atoms with Crippen LogP contribution in [0.25, 0.3) is 0 Å². The number of hydrogen-bond acceptors (Lipinski definition) is 3. The predicted molar refractivity (Wildman–Crippen MR) is 74.4 cm³/mol. The molecule has 4 nitrogen and oxygen atoms in total. The number of nitrogens with one attached hydrogen (secondary N) is 1. The Bertz CT molecular complexity index is 618. The number of carbonyl (C=O) groups excluding carboxylic acids is 1. The Morgan fingerprint density at radius 2 is 2.15 bits per heavy atom. The molecular formula is C16H17NO3. The van der Waals surface area contributed by atoms with E-state index in [2.05, 4.69) is 5.32 Å². The van der Waals surface area contributed by atoms with Crippen molar-refractivity contribution >= 4 is 5.91 Å². The first-order valence-electron chi connectivity index (χ1n) is 6.76. The smallest absolute Gasteiger partial charge is 0.227 e. The van der Waals surface area contributed by atoms with Gasteiger partial charge in [-0.3, -0.25) is 4.79 Å². The van der Waals surface area contributed by atoms with Gasteiger partial charge < -0.3 is 14.5 Å². The van der Waals surface area contributed by atoms with Crippen LogP contribution < -0.4 is 10.1 Å². The van der Waals surface area contributed by atoms with E-state index in [0.717, 1.165) is 29.3 Å². The predicted octanol–water partition coefficient (Wildman–Crippen LogP) is 2.46. The standard InChI is InChI=1S/C16H17NO3/c1-11-6-7-14(20-11)9-17-16(18)13-8-12-4-2-3-5-15(12)19-10-13/h2-7,13H,8-10H2,1H3,(H,17,18)/t13-/m1/s1. The van der Waals surface area contributed by atoms with E-state index in [0.29, 0.717) is 13.2 Å². The zero-order valence-corrected chi connectivity index (χ0v) is 11.4. The molecule has 2 heterocycles. The molecule has 1 N–H and O–H groups in total. The number of aryl methyl sites for hydroxylation is 1. The highest BCUT2D eigenvalue weighted by molar-refractivity contribution is 5.79. The Kier molecular flexibility index (Phi) is 3.46. The lowest BCUT2D eigenvalue weighted by atomic mass is 9.96. The molecule has 1 aliphatic heterocycles. The maximum absolute atomic E-state index is 12.2. The fourth-order valence-corrected chi connectivity index (χ4v) is 2.40. The van der Waals surface area contributed by atoms with Crippen molar-refractivity contribution in [2.45, 2.75) is 19.9 Å². The van der Waals surface area contributed by atoms with Crippen molar-refractivity contribution in [3.05, 3.63) is 53.5 Å². The summed E-state index contributed by atoms with van der Waals surface area (Å²) >= 11 is 0. The number of rotatable bonds is 3. The Balaban J connectivity index is 1.59. The average molecular weight is 271 g/mol. The number of ether oxygens (including phenoxy) is 1. The van der Waals surface area contributed by atoms with E-state index >= 15 is 0 Å². The third-order valence-corrected chi connectivity index (χ3v) is 3.48. The molecule has 0 unspecified atom stereocenters. The van der Waals surface area contributed by atoms with E-state index in [1.807, 2.05) is 43.3 Å². The summed E-state index contributed by atoms with van der Waals surface area (Å²) in [4.78, 5) is 12.2. The van der Waals surface area contributed by atoms with Crippen LogP contribution in [0.3, 0.4) is 0 Å². The highest BCUT2D eigenvalue weighted by Gasteiger charge is 2.25. The monoisotopic (exact) mass is 271 g/mol. The van der Waals surface area contributed by atoms with Crippen molar-refractivity contribution in [1.82, 2.24) is 5.32 Å². The first-order chi connectivity index (χ1) is 9.72. The number of hydrogen-bond donors (Lipinski definition) is 1. The molecule has 4 heteroatoms. The minimum atomic E-state index is -0.138. The van der Waals surface area contributed by atoms with Crippen molar-refractivity contribution in [3.63, 3.8) is 0 Å². The highest BCUT2D eigenvalue weighted by atomic mass is 16.5. The lowest BCUT2D eigenvalue weighted by Crippen LogP contribution is -2.36. The molecule has 1 aliphatic rings. The third kappa shape index (κ3) is 2.69. The van der Waals surface area contributed by atoms with E-state index in [4.69, 9.17) is 9.15 Å². The molecule has 1 aromatic carbocycles. The number of para-hydroxylation sites is 1. The summed E-state index contributed by atoms with van der Waals surface area (Å²) in [5.74, 6) is 2.38. The van der Waals surface area contributed by atoms with Crippen LogP contribution in [0.5, 0.6) is 5.75 Å². The number of carbonyl (C=O) groups is 1. The maximum atomic E-state index is 12.2. The van der Waals surface area contributed by atoms with E-state index in [9.17, 15) is 4.79 Å². The minimum Gasteiger partial charge on any atom is -0.492 e.